The van der Waals surface area contributed by atoms with E-state index in [0.717, 1.165) is 59.7 Å². The number of halogens is 8. The first-order chi connectivity index (χ1) is 20.4. The first kappa shape index (κ1) is 35.1. The van der Waals surface area contributed by atoms with Crippen molar-refractivity contribution in [2.75, 3.05) is 26.0 Å². The minimum atomic E-state index is -4.78. The number of benzene rings is 3. The average Bonchev–Trinajstić information content (AvgIpc) is 2.90. The highest BCUT2D eigenvalue weighted by molar-refractivity contribution is 7.90. The van der Waals surface area contributed by atoms with E-state index in [1.54, 1.807) is 0 Å². The van der Waals surface area contributed by atoms with Crippen LogP contribution in [0.2, 0.25) is 5.02 Å². The molecule has 0 fully saturated rings. The number of hydrogen-bond acceptors (Lipinski definition) is 5. The minimum Gasteiger partial charge on any atom is -0.493 e. The van der Waals surface area contributed by atoms with E-state index in [1.807, 2.05) is 0 Å². The van der Waals surface area contributed by atoms with Crippen molar-refractivity contribution in [2.24, 2.45) is 0 Å². The molecule has 0 saturated carbocycles. The molecule has 3 rings (SSSR count). The van der Waals surface area contributed by atoms with Gasteiger partial charge < -0.3 is 10.1 Å². The topological polar surface area (TPSA) is 75.7 Å². The van der Waals surface area contributed by atoms with Gasteiger partial charge in [0.2, 0.25) is 5.91 Å². The monoisotopic (exact) mass is 668 g/mol. The summed E-state index contributed by atoms with van der Waals surface area (Å²) in [7, 11) is -3.95. The SMILES string of the molecule is CC(=O)NCc1c(F)cc(OCCCN(Cc2cccc(C(F)(F)F)c2Cl)CC(F)(F)c2ccc(F)cc2)cc1S(C)(=O)=O. The molecule has 0 spiro atoms. The van der Waals surface area contributed by atoms with Crippen molar-refractivity contribution < 1.29 is 48.7 Å². The third-order valence-electron chi connectivity index (χ3n) is 6.40. The number of nitrogens with one attached hydrogen (secondary N) is 1. The molecule has 1 amide bonds. The maximum atomic E-state index is 15.2. The lowest BCUT2D eigenvalue weighted by Gasteiger charge is -2.28. The molecule has 6 nitrogen and oxygen atoms in total. The third-order valence-corrected chi connectivity index (χ3v) is 8.01. The lowest BCUT2D eigenvalue weighted by molar-refractivity contribution is -0.137. The maximum Gasteiger partial charge on any atom is 0.417 e. The van der Waals surface area contributed by atoms with Crippen molar-refractivity contribution in [1.82, 2.24) is 10.2 Å². The van der Waals surface area contributed by atoms with Crippen molar-refractivity contribution in [3.63, 3.8) is 0 Å². The Morgan fingerprint density at radius 3 is 2.27 bits per heavy atom. The van der Waals surface area contributed by atoms with Gasteiger partial charge in [-0.1, -0.05) is 35.9 Å². The van der Waals surface area contributed by atoms with Crippen LogP contribution in [0.5, 0.6) is 5.75 Å². The Balaban J connectivity index is 1.81. The number of carbonyl (C=O) groups is 1. The summed E-state index contributed by atoms with van der Waals surface area (Å²) in [4.78, 5) is 12.0. The number of hydrogen-bond donors (Lipinski definition) is 1. The van der Waals surface area contributed by atoms with Crippen LogP contribution in [0.15, 0.2) is 59.5 Å². The molecule has 15 heteroatoms. The molecule has 0 aliphatic carbocycles. The summed E-state index contributed by atoms with van der Waals surface area (Å²) in [5.41, 5.74) is -1.98. The van der Waals surface area contributed by atoms with E-state index in [-0.39, 0.29) is 43.0 Å². The summed E-state index contributed by atoms with van der Waals surface area (Å²) in [5.74, 6) is -5.92. The predicted molar refractivity (Wildman–Crippen MR) is 149 cm³/mol. The molecule has 1 N–H and O–H groups in total. The van der Waals surface area contributed by atoms with E-state index < -0.39 is 73.6 Å². The normalized spacial score (nSPS) is 12.4. The van der Waals surface area contributed by atoms with Crippen LogP contribution in [0, 0.1) is 11.6 Å². The number of ether oxygens (including phenoxy) is 1. The summed E-state index contributed by atoms with van der Waals surface area (Å²) in [5, 5.41) is 1.68. The predicted octanol–water partition coefficient (Wildman–Crippen LogP) is 6.74. The van der Waals surface area contributed by atoms with Gasteiger partial charge in [-0.25, -0.2) is 17.2 Å². The maximum absolute atomic E-state index is 15.2. The number of amides is 1. The Hall–Kier alpha value is -3.36. The Morgan fingerprint density at radius 1 is 1.02 bits per heavy atom. The van der Waals surface area contributed by atoms with Gasteiger partial charge in [0.15, 0.2) is 9.84 Å². The molecule has 240 valence electrons. The Labute approximate surface area is 254 Å². The summed E-state index contributed by atoms with van der Waals surface area (Å²) in [6.45, 7) is -0.983. The fourth-order valence-electron chi connectivity index (χ4n) is 4.31. The molecule has 0 aliphatic rings. The van der Waals surface area contributed by atoms with Crippen LogP contribution in [0.4, 0.5) is 30.7 Å². The van der Waals surface area contributed by atoms with Crippen LogP contribution in [-0.2, 0) is 39.8 Å². The highest BCUT2D eigenvalue weighted by Gasteiger charge is 2.36. The number of alkyl halides is 5. The second-order valence-corrected chi connectivity index (χ2v) is 12.3. The van der Waals surface area contributed by atoms with E-state index in [1.165, 1.54) is 13.0 Å². The summed E-state index contributed by atoms with van der Waals surface area (Å²) in [6.07, 6.45) is -3.93. The lowest BCUT2D eigenvalue weighted by Crippen LogP contribution is -2.36. The first-order valence-electron chi connectivity index (χ1n) is 13.0. The first-order valence-corrected chi connectivity index (χ1v) is 15.3. The molecular formula is C29H28ClF7N2O4S. The second kappa shape index (κ2) is 14.2. The van der Waals surface area contributed by atoms with Crippen LogP contribution in [0.25, 0.3) is 0 Å². The highest BCUT2D eigenvalue weighted by atomic mass is 35.5. The van der Waals surface area contributed by atoms with Gasteiger partial charge in [0, 0.05) is 50.0 Å². The molecule has 0 bridgehead atoms. The van der Waals surface area contributed by atoms with Crippen molar-refractivity contribution in [3.05, 3.63) is 93.5 Å². The lowest BCUT2D eigenvalue weighted by atomic mass is 10.1. The van der Waals surface area contributed by atoms with Crippen LogP contribution in [0.3, 0.4) is 0 Å². The molecule has 44 heavy (non-hydrogen) atoms. The van der Waals surface area contributed by atoms with Gasteiger partial charge in [-0.3, -0.25) is 9.69 Å². The van der Waals surface area contributed by atoms with Gasteiger partial charge in [-0.05, 0) is 36.2 Å². The molecule has 0 aliphatic heterocycles. The van der Waals surface area contributed by atoms with Crippen molar-refractivity contribution in [3.8, 4) is 5.75 Å². The van der Waals surface area contributed by atoms with E-state index >= 15 is 8.78 Å². The second-order valence-electron chi connectivity index (χ2n) is 9.96. The fraction of sp³-hybridized carbons (Fsp3) is 0.345. The van der Waals surface area contributed by atoms with Gasteiger partial charge in [0.05, 0.1) is 28.6 Å². The van der Waals surface area contributed by atoms with E-state index in [4.69, 9.17) is 16.3 Å². The zero-order valence-corrected chi connectivity index (χ0v) is 25.0. The largest absolute Gasteiger partial charge is 0.493 e. The molecule has 3 aromatic carbocycles. The zero-order valence-electron chi connectivity index (χ0n) is 23.5. The minimum absolute atomic E-state index is 0.000447. The van der Waals surface area contributed by atoms with Gasteiger partial charge in [0.25, 0.3) is 5.92 Å². The van der Waals surface area contributed by atoms with Crippen LogP contribution in [0.1, 0.15) is 35.6 Å². The number of sulfone groups is 1. The fourth-order valence-corrected chi connectivity index (χ4v) is 5.55. The Kier molecular flexibility index (Phi) is 11.3. The van der Waals surface area contributed by atoms with Crippen molar-refractivity contribution in [2.45, 2.75) is 43.4 Å². The van der Waals surface area contributed by atoms with Crippen LogP contribution < -0.4 is 10.1 Å². The number of rotatable bonds is 13. The molecule has 0 radical (unpaired) electrons. The molecule has 0 heterocycles. The summed E-state index contributed by atoms with van der Waals surface area (Å²) in [6, 6.07) is 8.64. The van der Waals surface area contributed by atoms with E-state index in [2.05, 4.69) is 5.32 Å². The van der Waals surface area contributed by atoms with Gasteiger partial charge >= 0.3 is 6.18 Å². The van der Waals surface area contributed by atoms with Crippen LogP contribution in [-0.4, -0.2) is 45.2 Å². The van der Waals surface area contributed by atoms with E-state index in [0.29, 0.717) is 0 Å². The molecular weight excluding hydrogens is 641 g/mol. The summed E-state index contributed by atoms with van der Waals surface area (Å²) < 4.78 is 129. The molecule has 3 aromatic rings. The molecule has 0 atom stereocenters. The highest BCUT2D eigenvalue weighted by Crippen LogP contribution is 2.37. The van der Waals surface area contributed by atoms with Crippen molar-refractivity contribution >= 4 is 27.3 Å². The smallest absolute Gasteiger partial charge is 0.417 e. The molecule has 0 unspecified atom stereocenters. The third kappa shape index (κ3) is 9.57. The standard InChI is InChI=1S/C29H28ClF7N2O4S/c1-18(40)38-15-23-25(32)13-22(14-26(23)44(2,41)42)43-12-4-11-39(17-28(33,34)20-7-9-21(31)10-8-20)16-19-5-3-6-24(27(19)30)29(35,36)37/h3,5-10,13-14H,4,11-12,15-17H2,1-2H3,(H,38,40). The number of carbonyl (C=O) groups excluding carboxylic acids is 1. The van der Waals surface area contributed by atoms with Crippen molar-refractivity contribution in [1.29, 1.82) is 0 Å². The zero-order chi connectivity index (χ0) is 32.9. The van der Waals surface area contributed by atoms with Gasteiger partial charge in [0.1, 0.15) is 17.4 Å². The molecule has 0 aromatic heterocycles. The average molecular weight is 669 g/mol. The van der Waals surface area contributed by atoms with Gasteiger partial charge in [-0.2, -0.15) is 22.0 Å². The van der Waals surface area contributed by atoms with Gasteiger partial charge in [-0.15, -0.1) is 0 Å². The Morgan fingerprint density at radius 2 is 1.68 bits per heavy atom. The van der Waals surface area contributed by atoms with Crippen LogP contribution >= 0.6 is 11.6 Å². The molecule has 0 saturated heterocycles. The Bertz CT molecular complexity index is 1580. The van der Waals surface area contributed by atoms with E-state index in [9.17, 15) is 35.2 Å². The number of nitrogens with zero attached hydrogens (tertiary/aromatic N) is 1. The quantitative estimate of drug-likeness (QED) is 0.161. The summed E-state index contributed by atoms with van der Waals surface area (Å²) >= 11 is 6.00.